The van der Waals surface area contributed by atoms with Gasteiger partial charge in [0.2, 0.25) is 5.91 Å². The third-order valence-corrected chi connectivity index (χ3v) is 4.52. The number of anilines is 1. The number of hydrogen-bond donors (Lipinski definition) is 2. The first kappa shape index (κ1) is 18.9. The zero-order valence-corrected chi connectivity index (χ0v) is 15.4. The average Bonchev–Trinajstić information content (AvgIpc) is 2.92. The van der Waals surface area contributed by atoms with Crippen LogP contribution in [-0.4, -0.2) is 36.4 Å². The van der Waals surface area contributed by atoms with E-state index in [-0.39, 0.29) is 0 Å². The fourth-order valence-corrected chi connectivity index (χ4v) is 2.96. The predicted octanol–water partition coefficient (Wildman–Crippen LogP) is 1.97. The monoisotopic (exact) mass is 378 g/mol. The molecule has 4 amide bonds. The van der Waals surface area contributed by atoms with Gasteiger partial charge in [0.1, 0.15) is 17.8 Å². The van der Waals surface area contributed by atoms with Crippen molar-refractivity contribution in [3.8, 4) is 11.8 Å². The highest BCUT2D eigenvalue weighted by molar-refractivity contribution is 6.10. The minimum absolute atomic E-state index is 0.423. The Morgan fingerprint density at radius 3 is 2.61 bits per heavy atom. The number of imide groups is 1. The van der Waals surface area contributed by atoms with Crippen molar-refractivity contribution >= 4 is 23.5 Å². The predicted molar refractivity (Wildman–Crippen MR) is 100 cm³/mol. The van der Waals surface area contributed by atoms with E-state index in [4.69, 9.17) is 10.00 Å². The zero-order valence-electron chi connectivity index (χ0n) is 15.4. The number of urea groups is 1. The molecule has 0 saturated carbocycles. The summed E-state index contributed by atoms with van der Waals surface area (Å²) in [6.45, 7) is 1.14. The summed E-state index contributed by atoms with van der Waals surface area (Å²) in [5.74, 6) is -0.481. The third-order valence-electron chi connectivity index (χ3n) is 4.52. The summed E-state index contributed by atoms with van der Waals surface area (Å²) < 4.78 is 5.10. The first-order valence-electron chi connectivity index (χ1n) is 8.46. The summed E-state index contributed by atoms with van der Waals surface area (Å²) in [5.41, 5.74) is 0.159. The van der Waals surface area contributed by atoms with Gasteiger partial charge in [-0.2, -0.15) is 5.26 Å². The molecule has 2 aromatic rings. The Morgan fingerprint density at radius 2 is 1.96 bits per heavy atom. The van der Waals surface area contributed by atoms with E-state index in [1.54, 1.807) is 55.5 Å². The van der Waals surface area contributed by atoms with Crippen molar-refractivity contribution in [2.45, 2.75) is 12.5 Å². The summed E-state index contributed by atoms with van der Waals surface area (Å²) in [6.07, 6.45) is 0. The second-order valence-electron chi connectivity index (χ2n) is 6.42. The molecule has 1 aliphatic rings. The number of hydrogen-bond acceptors (Lipinski definition) is 5. The highest BCUT2D eigenvalue weighted by atomic mass is 16.5. The van der Waals surface area contributed by atoms with Crippen LogP contribution in [0.2, 0.25) is 0 Å². The molecule has 2 aromatic carbocycles. The summed E-state index contributed by atoms with van der Waals surface area (Å²) >= 11 is 0. The Bertz CT molecular complexity index is 980. The van der Waals surface area contributed by atoms with E-state index in [0.717, 1.165) is 4.90 Å². The van der Waals surface area contributed by atoms with Crippen LogP contribution in [0.5, 0.6) is 5.75 Å². The summed E-state index contributed by atoms with van der Waals surface area (Å²) in [5, 5.41) is 14.2. The van der Waals surface area contributed by atoms with Crippen LogP contribution < -0.4 is 15.4 Å². The van der Waals surface area contributed by atoms with Gasteiger partial charge in [0, 0.05) is 11.8 Å². The fraction of sp³-hybridized carbons (Fsp3) is 0.200. The van der Waals surface area contributed by atoms with Gasteiger partial charge in [-0.1, -0.05) is 18.2 Å². The number of ether oxygens (including phenoxy) is 1. The van der Waals surface area contributed by atoms with E-state index in [2.05, 4.69) is 10.6 Å². The molecule has 1 aliphatic heterocycles. The maximum atomic E-state index is 12.9. The van der Waals surface area contributed by atoms with E-state index in [1.807, 2.05) is 6.07 Å². The van der Waals surface area contributed by atoms with Crippen molar-refractivity contribution in [3.63, 3.8) is 0 Å². The van der Waals surface area contributed by atoms with Crippen molar-refractivity contribution in [2.24, 2.45) is 0 Å². The Balaban J connectivity index is 1.74. The van der Waals surface area contributed by atoms with Gasteiger partial charge >= 0.3 is 6.03 Å². The molecule has 1 atom stereocenters. The number of carbonyl (C=O) groups is 3. The topological polar surface area (TPSA) is 112 Å². The van der Waals surface area contributed by atoms with Crippen LogP contribution in [0.4, 0.5) is 10.5 Å². The van der Waals surface area contributed by atoms with Crippen LogP contribution in [0, 0.1) is 11.3 Å². The van der Waals surface area contributed by atoms with Crippen LogP contribution >= 0.6 is 0 Å². The molecule has 1 heterocycles. The van der Waals surface area contributed by atoms with E-state index in [1.165, 1.54) is 7.11 Å². The number of nitrogens with zero attached hydrogens (tertiary/aromatic N) is 2. The van der Waals surface area contributed by atoms with Crippen LogP contribution in [0.3, 0.4) is 0 Å². The zero-order chi connectivity index (χ0) is 20.3. The van der Waals surface area contributed by atoms with Crippen LogP contribution in [0.25, 0.3) is 0 Å². The van der Waals surface area contributed by atoms with Gasteiger partial charge < -0.3 is 15.4 Å². The molecule has 28 heavy (non-hydrogen) atoms. The highest BCUT2D eigenvalue weighted by Crippen LogP contribution is 2.29. The molecule has 0 spiro atoms. The van der Waals surface area contributed by atoms with E-state index < -0.39 is 29.9 Å². The van der Waals surface area contributed by atoms with Crippen molar-refractivity contribution < 1.29 is 19.1 Å². The minimum Gasteiger partial charge on any atom is -0.497 e. The molecule has 8 heteroatoms. The molecular weight excluding hydrogens is 360 g/mol. The smallest absolute Gasteiger partial charge is 0.325 e. The van der Waals surface area contributed by atoms with Gasteiger partial charge in [0.25, 0.3) is 5.91 Å². The molecule has 3 rings (SSSR count). The maximum absolute atomic E-state index is 12.9. The van der Waals surface area contributed by atoms with Crippen molar-refractivity contribution in [2.75, 3.05) is 19.0 Å². The number of methoxy groups -OCH3 is 1. The molecule has 0 aromatic heterocycles. The lowest BCUT2D eigenvalue weighted by Crippen LogP contribution is -2.42. The van der Waals surface area contributed by atoms with Gasteiger partial charge in [-0.05, 0) is 36.8 Å². The maximum Gasteiger partial charge on any atom is 0.325 e. The minimum atomic E-state index is -1.30. The highest BCUT2D eigenvalue weighted by Gasteiger charge is 2.49. The largest absolute Gasteiger partial charge is 0.497 e. The summed E-state index contributed by atoms with van der Waals surface area (Å²) in [4.78, 5) is 38.4. The third kappa shape index (κ3) is 3.50. The van der Waals surface area contributed by atoms with Gasteiger partial charge in [-0.15, -0.1) is 0 Å². The van der Waals surface area contributed by atoms with Crippen LogP contribution in [0.15, 0.2) is 48.5 Å². The molecule has 0 aliphatic carbocycles. The quantitative estimate of drug-likeness (QED) is 0.773. The summed E-state index contributed by atoms with van der Waals surface area (Å²) in [7, 11) is 1.51. The Hall–Kier alpha value is -3.86. The van der Waals surface area contributed by atoms with Crippen molar-refractivity contribution in [3.05, 3.63) is 59.7 Å². The van der Waals surface area contributed by atoms with E-state index in [9.17, 15) is 14.4 Å². The lowest BCUT2D eigenvalue weighted by Gasteiger charge is -2.22. The molecule has 1 saturated heterocycles. The van der Waals surface area contributed by atoms with Gasteiger partial charge in [-0.3, -0.25) is 14.5 Å². The Kier molecular flexibility index (Phi) is 5.00. The fourth-order valence-electron chi connectivity index (χ4n) is 2.96. The number of carbonyl (C=O) groups excluding carboxylic acids is 3. The Morgan fingerprint density at radius 1 is 1.25 bits per heavy atom. The second kappa shape index (κ2) is 7.40. The molecular formula is C20H18N4O4. The number of rotatable bonds is 5. The van der Waals surface area contributed by atoms with Gasteiger partial charge in [0.15, 0.2) is 0 Å². The molecule has 1 fully saturated rings. The van der Waals surface area contributed by atoms with E-state index >= 15 is 0 Å². The van der Waals surface area contributed by atoms with Crippen molar-refractivity contribution in [1.82, 2.24) is 10.2 Å². The molecule has 2 N–H and O–H groups in total. The van der Waals surface area contributed by atoms with Gasteiger partial charge in [0.05, 0.1) is 18.7 Å². The lowest BCUT2D eigenvalue weighted by atomic mass is 9.91. The molecule has 142 valence electrons. The number of amides is 4. The van der Waals surface area contributed by atoms with Crippen molar-refractivity contribution in [1.29, 1.82) is 5.26 Å². The average molecular weight is 378 g/mol. The SMILES string of the molecule is COc1cccc(NC(=O)CN2C(=O)NC(C)(c3ccc(C#N)cc3)C2=O)c1. The first-order valence-corrected chi connectivity index (χ1v) is 8.46. The lowest BCUT2D eigenvalue weighted by molar-refractivity contribution is -0.133. The molecule has 1 unspecified atom stereocenters. The number of nitrogens with one attached hydrogen (secondary N) is 2. The Labute approximate surface area is 161 Å². The van der Waals surface area contributed by atoms with Gasteiger partial charge in [-0.25, -0.2) is 4.79 Å². The standard InChI is InChI=1S/C20H18N4O4/c1-20(14-8-6-13(11-21)7-9-14)18(26)24(19(27)23-20)12-17(25)22-15-4-3-5-16(10-15)28-2/h3-10H,12H2,1-2H3,(H,22,25)(H,23,27). The molecule has 0 bridgehead atoms. The number of nitriles is 1. The number of benzene rings is 2. The second-order valence-corrected chi connectivity index (χ2v) is 6.42. The molecule has 0 radical (unpaired) electrons. The molecule has 8 nitrogen and oxygen atoms in total. The van der Waals surface area contributed by atoms with Crippen LogP contribution in [-0.2, 0) is 15.1 Å². The first-order chi connectivity index (χ1) is 13.4. The summed E-state index contributed by atoms with van der Waals surface area (Å²) in [6, 6.07) is 14.4. The van der Waals surface area contributed by atoms with E-state index in [0.29, 0.717) is 22.6 Å². The normalized spacial score (nSPS) is 18.4. The van der Waals surface area contributed by atoms with Crippen LogP contribution in [0.1, 0.15) is 18.1 Å².